The summed E-state index contributed by atoms with van der Waals surface area (Å²) in [5, 5.41) is 3.58. The lowest BCUT2D eigenvalue weighted by atomic mass is 10.1. The molecule has 0 saturated carbocycles. The first-order chi connectivity index (χ1) is 9.78. The maximum absolute atomic E-state index is 11.9. The molecule has 21 heavy (non-hydrogen) atoms. The summed E-state index contributed by atoms with van der Waals surface area (Å²) in [5.41, 5.74) is -0.420. The average Bonchev–Trinajstić information content (AvgIpc) is 2.79. The smallest absolute Gasteiger partial charge is 0.410 e. The van der Waals surface area contributed by atoms with Gasteiger partial charge in [-0.15, -0.1) is 11.3 Å². The zero-order chi connectivity index (χ0) is 15.6. The number of nitrogens with one attached hydrogen (secondary N) is 1. The zero-order valence-electron chi connectivity index (χ0n) is 13.6. The molecule has 0 bridgehead atoms. The summed E-state index contributed by atoms with van der Waals surface area (Å²) >= 11 is 1.86. The molecule has 1 aromatic heterocycles. The van der Waals surface area contributed by atoms with Gasteiger partial charge in [-0.05, 0) is 46.2 Å². The van der Waals surface area contributed by atoms with Crippen LogP contribution in [0.15, 0.2) is 12.1 Å². The van der Waals surface area contributed by atoms with Gasteiger partial charge in [0, 0.05) is 34.9 Å². The van der Waals surface area contributed by atoms with E-state index in [4.69, 9.17) is 4.74 Å². The molecule has 1 unspecified atom stereocenters. The molecule has 0 radical (unpaired) electrons. The Morgan fingerprint density at radius 2 is 2.14 bits per heavy atom. The molecule has 1 atom stereocenters. The second-order valence-corrected chi connectivity index (χ2v) is 7.83. The van der Waals surface area contributed by atoms with Crippen molar-refractivity contribution in [2.24, 2.45) is 0 Å². The highest BCUT2D eigenvalue weighted by molar-refractivity contribution is 7.12. The quantitative estimate of drug-likeness (QED) is 0.924. The van der Waals surface area contributed by atoms with Gasteiger partial charge < -0.3 is 15.0 Å². The van der Waals surface area contributed by atoms with Crippen LogP contribution < -0.4 is 5.32 Å². The number of aryl methyl sites for hydroxylation is 1. The lowest BCUT2D eigenvalue weighted by Gasteiger charge is -2.41. The Labute approximate surface area is 131 Å². The van der Waals surface area contributed by atoms with Crippen LogP contribution >= 0.6 is 11.3 Å². The molecular weight excluding hydrogens is 284 g/mol. The molecule has 1 aliphatic rings. The number of carbonyl (C=O) groups excluding carboxylic acids is 1. The van der Waals surface area contributed by atoms with E-state index in [1.54, 1.807) is 4.90 Å². The van der Waals surface area contributed by atoms with Crippen molar-refractivity contribution in [2.75, 3.05) is 13.1 Å². The average molecular weight is 310 g/mol. The Balaban J connectivity index is 1.76. The van der Waals surface area contributed by atoms with Crippen LogP contribution in [0.5, 0.6) is 0 Å². The van der Waals surface area contributed by atoms with Crippen LogP contribution in [0, 0.1) is 0 Å². The standard InChI is InChI=1S/C16H26N2O2S/c1-6-13-7-8-14(21-13)11(2)17-12-9-18(10-12)15(19)20-16(3,4)5/h7-8,11-12,17H,6,9-10H2,1-5H3. The third kappa shape index (κ3) is 4.45. The van der Waals surface area contributed by atoms with Gasteiger partial charge in [0.25, 0.3) is 0 Å². The first-order valence-electron chi connectivity index (χ1n) is 7.61. The Morgan fingerprint density at radius 1 is 1.48 bits per heavy atom. The van der Waals surface area contributed by atoms with Crippen molar-refractivity contribution in [2.45, 2.75) is 58.7 Å². The first kappa shape index (κ1) is 16.3. The van der Waals surface area contributed by atoms with Gasteiger partial charge in [0.1, 0.15) is 5.60 Å². The second-order valence-electron chi connectivity index (χ2n) is 6.63. The molecular formula is C16H26N2O2S. The van der Waals surface area contributed by atoms with Crippen LogP contribution in [0.3, 0.4) is 0 Å². The highest BCUT2D eigenvalue weighted by Crippen LogP contribution is 2.25. The van der Waals surface area contributed by atoms with Crippen molar-refractivity contribution in [3.8, 4) is 0 Å². The summed E-state index contributed by atoms with van der Waals surface area (Å²) in [6.45, 7) is 11.5. The van der Waals surface area contributed by atoms with Gasteiger partial charge >= 0.3 is 6.09 Å². The molecule has 4 nitrogen and oxygen atoms in total. The molecule has 1 saturated heterocycles. The van der Waals surface area contributed by atoms with Gasteiger partial charge in [0.2, 0.25) is 0 Å². The van der Waals surface area contributed by atoms with Gasteiger partial charge in [0.05, 0.1) is 0 Å². The number of carbonyl (C=O) groups is 1. The van der Waals surface area contributed by atoms with Crippen molar-refractivity contribution < 1.29 is 9.53 Å². The molecule has 0 spiro atoms. The molecule has 2 rings (SSSR count). The number of hydrogen-bond acceptors (Lipinski definition) is 4. The highest BCUT2D eigenvalue weighted by Gasteiger charge is 2.34. The van der Waals surface area contributed by atoms with E-state index >= 15 is 0 Å². The summed E-state index contributed by atoms with van der Waals surface area (Å²) in [5.74, 6) is 0. The van der Waals surface area contributed by atoms with Gasteiger partial charge in [-0.25, -0.2) is 4.79 Å². The predicted molar refractivity (Wildman–Crippen MR) is 86.8 cm³/mol. The Hall–Kier alpha value is -1.07. The van der Waals surface area contributed by atoms with E-state index in [1.807, 2.05) is 32.1 Å². The minimum Gasteiger partial charge on any atom is -0.444 e. The maximum atomic E-state index is 11.9. The van der Waals surface area contributed by atoms with Crippen molar-refractivity contribution >= 4 is 17.4 Å². The van der Waals surface area contributed by atoms with Crippen LogP contribution in [-0.4, -0.2) is 35.7 Å². The van der Waals surface area contributed by atoms with Gasteiger partial charge in [0.15, 0.2) is 0 Å². The fourth-order valence-electron chi connectivity index (χ4n) is 2.31. The normalized spacial score (nSPS) is 17.5. The summed E-state index contributed by atoms with van der Waals surface area (Å²) < 4.78 is 5.36. The van der Waals surface area contributed by atoms with E-state index in [9.17, 15) is 4.79 Å². The predicted octanol–water partition coefficient (Wildman–Crippen LogP) is 3.58. The van der Waals surface area contributed by atoms with E-state index in [1.165, 1.54) is 9.75 Å². The minimum atomic E-state index is -0.420. The van der Waals surface area contributed by atoms with Crippen LogP contribution in [0.2, 0.25) is 0 Å². The van der Waals surface area contributed by atoms with E-state index in [2.05, 4.69) is 31.3 Å². The molecule has 1 N–H and O–H groups in total. The number of thiophene rings is 1. The summed E-state index contributed by atoms with van der Waals surface area (Å²) in [7, 11) is 0. The largest absolute Gasteiger partial charge is 0.444 e. The van der Waals surface area contributed by atoms with Gasteiger partial charge in [-0.1, -0.05) is 6.92 Å². The van der Waals surface area contributed by atoms with E-state index in [0.717, 1.165) is 19.5 Å². The zero-order valence-corrected chi connectivity index (χ0v) is 14.4. The van der Waals surface area contributed by atoms with E-state index in [0.29, 0.717) is 12.1 Å². The fraction of sp³-hybridized carbons (Fsp3) is 0.688. The van der Waals surface area contributed by atoms with Crippen molar-refractivity contribution in [1.29, 1.82) is 0 Å². The molecule has 1 aromatic rings. The van der Waals surface area contributed by atoms with Crippen molar-refractivity contribution in [1.82, 2.24) is 10.2 Å². The van der Waals surface area contributed by atoms with E-state index in [-0.39, 0.29) is 6.09 Å². The summed E-state index contributed by atoms with van der Waals surface area (Å²) in [6.07, 6.45) is 0.880. The van der Waals surface area contributed by atoms with Crippen LogP contribution in [-0.2, 0) is 11.2 Å². The number of ether oxygens (including phenoxy) is 1. The summed E-state index contributed by atoms with van der Waals surface area (Å²) in [4.78, 5) is 16.4. The number of likely N-dealkylation sites (tertiary alicyclic amines) is 1. The highest BCUT2D eigenvalue weighted by atomic mass is 32.1. The van der Waals surface area contributed by atoms with Crippen molar-refractivity contribution in [3.05, 3.63) is 21.9 Å². The summed E-state index contributed by atoms with van der Waals surface area (Å²) in [6, 6.07) is 5.10. The monoisotopic (exact) mass is 310 g/mol. The lowest BCUT2D eigenvalue weighted by molar-refractivity contribution is 0.00437. The van der Waals surface area contributed by atoms with Gasteiger partial charge in [-0.2, -0.15) is 0 Å². The molecule has 5 heteroatoms. The third-order valence-electron chi connectivity index (χ3n) is 3.48. The number of hydrogen-bond donors (Lipinski definition) is 1. The van der Waals surface area contributed by atoms with E-state index < -0.39 is 5.60 Å². The Bertz CT molecular complexity index is 487. The topological polar surface area (TPSA) is 41.6 Å². The molecule has 2 heterocycles. The molecule has 0 aliphatic carbocycles. The Morgan fingerprint density at radius 3 is 2.67 bits per heavy atom. The van der Waals surface area contributed by atoms with Gasteiger partial charge in [-0.3, -0.25) is 0 Å². The molecule has 1 aliphatic heterocycles. The van der Waals surface area contributed by atoms with Crippen LogP contribution in [0.4, 0.5) is 4.79 Å². The second kappa shape index (κ2) is 6.36. The number of rotatable bonds is 4. The molecule has 1 amide bonds. The Kier molecular flexibility index (Phi) is 4.94. The molecule has 1 fully saturated rings. The minimum absolute atomic E-state index is 0.211. The van der Waals surface area contributed by atoms with Crippen molar-refractivity contribution in [3.63, 3.8) is 0 Å². The number of nitrogens with zero attached hydrogens (tertiary/aromatic N) is 1. The fourth-order valence-corrected chi connectivity index (χ4v) is 3.28. The molecule has 0 aromatic carbocycles. The third-order valence-corrected chi connectivity index (χ3v) is 4.89. The SMILES string of the molecule is CCc1ccc(C(C)NC2CN(C(=O)OC(C)(C)C)C2)s1. The lowest BCUT2D eigenvalue weighted by Crippen LogP contribution is -2.60. The van der Waals surface area contributed by atoms with Crippen LogP contribution in [0.25, 0.3) is 0 Å². The molecule has 118 valence electrons. The maximum Gasteiger partial charge on any atom is 0.410 e. The first-order valence-corrected chi connectivity index (χ1v) is 8.42. The number of amides is 1. The van der Waals surface area contributed by atoms with Crippen LogP contribution in [0.1, 0.15) is 50.4 Å².